The van der Waals surface area contributed by atoms with Crippen LogP contribution < -0.4 is 5.73 Å². The fraction of sp³-hybridized carbons (Fsp3) is 0.765. The molecular weight excluding hydrogens is 326 g/mol. The summed E-state index contributed by atoms with van der Waals surface area (Å²) in [6.45, 7) is 7.14. The molecule has 1 amide bonds. The van der Waals surface area contributed by atoms with Gasteiger partial charge in [0.1, 0.15) is 5.25 Å². The monoisotopic (exact) mass is 353 g/mol. The minimum atomic E-state index is -3.88. The van der Waals surface area contributed by atoms with Crippen molar-refractivity contribution in [1.82, 2.24) is 9.55 Å². The second-order valence-electron chi connectivity index (χ2n) is 7.60. The Morgan fingerprint density at radius 2 is 1.92 bits per heavy atom. The number of aromatic nitrogens is 2. The van der Waals surface area contributed by atoms with E-state index in [-0.39, 0.29) is 11.2 Å². The number of carbonyl (C=O) groups is 1. The van der Waals surface area contributed by atoms with Gasteiger partial charge in [0.2, 0.25) is 20.9 Å². The predicted molar refractivity (Wildman–Crippen MR) is 91.2 cm³/mol. The lowest BCUT2D eigenvalue weighted by Crippen LogP contribution is -2.35. The molecule has 0 aliphatic heterocycles. The highest BCUT2D eigenvalue weighted by atomic mass is 32.2. The Bertz CT molecular complexity index is 768. The van der Waals surface area contributed by atoms with E-state index in [9.17, 15) is 13.2 Å². The molecule has 2 N–H and O–H groups in total. The fourth-order valence-electron chi connectivity index (χ4n) is 4.66. The van der Waals surface area contributed by atoms with Gasteiger partial charge >= 0.3 is 0 Å². The highest BCUT2D eigenvalue weighted by molar-refractivity contribution is 7.92. The SMILES string of the molecule is Cc1nc(S(=O)(=O)C(C)C(N)=O)n(C(C)C2CC3CCC2C3)c1C. The predicted octanol–water partition coefficient (Wildman–Crippen LogP) is 2.14. The van der Waals surface area contributed by atoms with Crippen molar-refractivity contribution in [2.75, 3.05) is 0 Å². The number of nitrogens with zero attached hydrogens (tertiary/aromatic N) is 2. The third-order valence-corrected chi connectivity index (χ3v) is 8.25. The van der Waals surface area contributed by atoms with Gasteiger partial charge in [-0.05, 0) is 64.7 Å². The van der Waals surface area contributed by atoms with E-state index in [1.165, 1.54) is 26.2 Å². The molecule has 2 fully saturated rings. The van der Waals surface area contributed by atoms with Crippen LogP contribution in [0.2, 0.25) is 0 Å². The molecule has 0 aromatic carbocycles. The van der Waals surface area contributed by atoms with E-state index in [0.717, 1.165) is 18.0 Å². The van der Waals surface area contributed by atoms with Crippen LogP contribution in [-0.2, 0) is 14.6 Å². The number of imidazole rings is 1. The van der Waals surface area contributed by atoms with Crippen LogP contribution in [0.15, 0.2) is 5.16 Å². The van der Waals surface area contributed by atoms with Crippen molar-refractivity contribution in [1.29, 1.82) is 0 Å². The standard InChI is InChI=1S/C17H27N3O3S/c1-9-10(2)20(11(3)15-8-13-5-6-14(15)7-13)17(19-9)24(22,23)12(4)16(18)21/h11-15H,5-8H2,1-4H3,(H2,18,21). The molecule has 2 saturated carbocycles. The maximum atomic E-state index is 12.9. The number of aryl methyl sites for hydroxylation is 1. The van der Waals surface area contributed by atoms with Crippen LogP contribution in [0.5, 0.6) is 0 Å². The van der Waals surface area contributed by atoms with Crippen molar-refractivity contribution < 1.29 is 13.2 Å². The molecule has 134 valence electrons. The van der Waals surface area contributed by atoms with Crippen LogP contribution in [0.3, 0.4) is 0 Å². The molecule has 0 spiro atoms. The molecule has 6 nitrogen and oxygen atoms in total. The van der Waals surface area contributed by atoms with E-state index < -0.39 is 21.0 Å². The number of nitrogens with two attached hydrogens (primary N) is 1. The first-order valence-corrected chi connectivity index (χ1v) is 10.3. The summed E-state index contributed by atoms with van der Waals surface area (Å²) in [5.74, 6) is 1.11. The average Bonchev–Trinajstić information content (AvgIpc) is 3.21. The molecule has 1 heterocycles. The van der Waals surface area contributed by atoms with Gasteiger partial charge in [0.15, 0.2) is 0 Å². The molecule has 1 aromatic heterocycles. The van der Waals surface area contributed by atoms with Crippen LogP contribution in [0.4, 0.5) is 0 Å². The van der Waals surface area contributed by atoms with E-state index in [1.807, 2.05) is 18.4 Å². The molecule has 0 radical (unpaired) electrons. The maximum absolute atomic E-state index is 12.9. The number of sulfone groups is 1. The lowest BCUT2D eigenvalue weighted by molar-refractivity contribution is -0.117. The number of carbonyl (C=O) groups excluding carboxylic acids is 1. The van der Waals surface area contributed by atoms with Crippen molar-refractivity contribution in [3.05, 3.63) is 11.4 Å². The van der Waals surface area contributed by atoms with Gasteiger partial charge in [-0.2, -0.15) is 0 Å². The molecule has 0 saturated heterocycles. The van der Waals surface area contributed by atoms with Gasteiger partial charge in [-0.3, -0.25) is 4.79 Å². The lowest BCUT2D eigenvalue weighted by atomic mass is 9.84. The zero-order valence-electron chi connectivity index (χ0n) is 14.8. The second kappa shape index (κ2) is 5.86. The first-order chi connectivity index (χ1) is 11.1. The van der Waals surface area contributed by atoms with E-state index >= 15 is 0 Å². The Labute approximate surface area is 143 Å². The second-order valence-corrected chi connectivity index (χ2v) is 9.77. The first-order valence-electron chi connectivity index (χ1n) is 8.73. The number of fused-ring (bicyclic) bond motifs is 2. The van der Waals surface area contributed by atoms with Crippen LogP contribution >= 0.6 is 0 Å². The minimum absolute atomic E-state index is 0.000858. The van der Waals surface area contributed by atoms with Crippen LogP contribution in [0.1, 0.15) is 57.0 Å². The summed E-state index contributed by atoms with van der Waals surface area (Å²) in [6.07, 6.45) is 4.97. The van der Waals surface area contributed by atoms with Gasteiger partial charge in [-0.1, -0.05) is 6.42 Å². The molecular formula is C17H27N3O3S. The molecule has 3 rings (SSSR count). The minimum Gasteiger partial charge on any atom is -0.369 e. The highest BCUT2D eigenvalue weighted by Crippen LogP contribution is 2.52. The van der Waals surface area contributed by atoms with Gasteiger partial charge in [0, 0.05) is 11.7 Å². The lowest BCUT2D eigenvalue weighted by Gasteiger charge is -2.30. The Hall–Kier alpha value is -1.37. The van der Waals surface area contributed by atoms with E-state index in [1.54, 1.807) is 0 Å². The quantitative estimate of drug-likeness (QED) is 0.877. The number of rotatable bonds is 5. The summed E-state index contributed by atoms with van der Waals surface area (Å²) in [6, 6.07) is 0.0614. The molecule has 2 aliphatic carbocycles. The third kappa shape index (κ3) is 2.57. The summed E-state index contributed by atoms with van der Waals surface area (Å²) < 4.78 is 27.6. The van der Waals surface area contributed by atoms with Crippen LogP contribution in [0.25, 0.3) is 0 Å². The van der Waals surface area contributed by atoms with E-state index in [0.29, 0.717) is 17.5 Å². The van der Waals surface area contributed by atoms with Crippen molar-refractivity contribution >= 4 is 15.7 Å². The van der Waals surface area contributed by atoms with E-state index in [4.69, 9.17) is 5.73 Å². The number of amides is 1. The largest absolute Gasteiger partial charge is 0.369 e. The van der Waals surface area contributed by atoms with Gasteiger partial charge in [-0.15, -0.1) is 0 Å². The highest BCUT2D eigenvalue weighted by Gasteiger charge is 2.44. The first kappa shape index (κ1) is 17.5. The molecule has 2 aliphatic rings. The molecule has 1 aromatic rings. The number of hydrogen-bond acceptors (Lipinski definition) is 4. The van der Waals surface area contributed by atoms with Gasteiger partial charge in [-0.25, -0.2) is 13.4 Å². The molecule has 5 unspecified atom stereocenters. The summed E-state index contributed by atoms with van der Waals surface area (Å²) in [4.78, 5) is 15.8. The Morgan fingerprint density at radius 3 is 2.42 bits per heavy atom. The Balaban J connectivity index is 2.04. The average molecular weight is 353 g/mol. The molecule has 24 heavy (non-hydrogen) atoms. The summed E-state index contributed by atoms with van der Waals surface area (Å²) >= 11 is 0. The number of primary amides is 1. The van der Waals surface area contributed by atoms with Crippen molar-refractivity contribution in [3.8, 4) is 0 Å². The molecule has 7 heteroatoms. The zero-order valence-corrected chi connectivity index (χ0v) is 15.6. The fourth-order valence-corrected chi connectivity index (χ4v) is 6.13. The van der Waals surface area contributed by atoms with Gasteiger partial charge in [0.05, 0.1) is 5.69 Å². The summed E-state index contributed by atoms with van der Waals surface area (Å²) in [5.41, 5.74) is 6.80. The maximum Gasteiger partial charge on any atom is 0.235 e. The van der Waals surface area contributed by atoms with Crippen LogP contribution in [0, 0.1) is 31.6 Å². The van der Waals surface area contributed by atoms with Crippen molar-refractivity contribution in [2.45, 2.75) is 69.8 Å². The van der Waals surface area contributed by atoms with Gasteiger partial charge in [0.25, 0.3) is 0 Å². The van der Waals surface area contributed by atoms with E-state index in [2.05, 4.69) is 11.9 Å². The van der Waals surface area contributed by atoms with Crippen molar-refractivity contribution in [3.63, 3.8) is 0 Å². The summed E-state index contributed by atoms with van der Waals surface area (Å²) in [5, 5.41) is -1.27. The topological polar surface area (TPSA) is 95.1 Å². The number of hydrogen-bond donors (Lipinski definition) is 1. The summed E-state index contributed by atoms with van der Waals surface area (Å²) in [7, 11) is -3.88. The smallest absolute Gasteiger partial charge is 0.235 e. The Morgan fingerprint density at radius 1 is 1.25 bits per heavy atom. The van der Waals surface area contributed by atoms with Gasteiger partial charge < -0.3 is 10.3 Å². The van der Waals surface area contributed by atoms with Crippen molar-refractivity contribution in [2.24, 2.45) is 23.5 Å². The normalized spacial score (nSPS) is 28.9. The molecule has 2 bridgehead atoms. The molecule has 5 atom stereocenters. The third-order valence-electron chi connectivity index (χ3n) is 6.29. The zero-order chi connectivity index (χ0) is 17.8. The van der Waals surface area contributed by atoms with Crippen LogP contribution in [-0.4, -0.2) is 29.1 Å². The Kier molecular flexibility index (Phi) is 4.26.